The summed E-state index contributed by atoms with van der Waals surface area (Å²) in [5.41, 5.74) is 0.710. The molecule has 18 heavy (non-hydrogen) atoms. The van der Waals surface area contributed by atoms with Crippen LogP contribution in [0.2, 0.25) is 0 Å². The van der Waals surface area contributed by atoms with E-state index in [4.69, 9.17) is 9.84 Å². The topological polar surface area (TPSA) is 76.5 Å². The van der Waals surface area contributed by atoms with Crippen molar-refractivity contribution >= 4 is 35.0 Å². The van der Waals surface area contributed by atoms with Crippen LogP contribution in [0.5, 0.6) is 0 Å². The van der Waals surface area contributed by atoms with Crippen LogP contribution in [0, 0.1) is 6.92 Å². The molecule has 0 amide bonds. The smallest absolute Gasteiger partial charge is 0.316 e. The van der Waals surface area contributed by atoms with E-state index < -0.39 is 5.97 Å². The van der Waals surface area contributed by atoms with Gasteiger partial charge in [-0.2, -0.15) is 0 Å². The number of nitrogens with zero attached hydrogens (tertiary/aromatic N) is 1. The fraction of sp³-hybridized carbons (Fsp3) is 0.545. The summed E-state index contributed by atoms with van der Waals surface area (Å²) in [6.07, 6.45) is -0.153. The van der Waals surface area contributed by atoms with E-state index in [0.29, 0.717) is 10.0 Å². The van der Waals surface area contributed by atoms with Crippen molar-refractivity contribution in [3.8, 4) is 0 Å². The van der Waals surface area contributed by atoms with Gasteiger partial charge in [-0.15, -0.1) is 11.3 Å². The normalized spacial score (nSPS) is 10.7. The molecule has 1 aromatic rings. The van der Waals surface area contributed by atoms with Gasteiger partial charge in [-0.05, 0) is 20.8 Å². The maximum atomic E-state index is 11.3. The van der Waals surface area contributed by atoms with E-state index >= 15 is 0 Å². The molecule has 7 heteroatoms. The summed E-state index contributed by atoms with van der Waals surface area (Å²) in [5.74, 6) is -0.974. The number of carboxylic acids is 1. The van der Waals surface area contributed by atoms with E-state index in [1.807, 2.05) is 0 Å². The summed E-state index contributed by atoms with van der Waals surface area (Å²) in [4.78, 5) is 26.9. The molecular formula is C11H15NO4S2. The number of aryl methyl sites for hydroxylation is 1. The molecule has 0 aliphatic rings. The number of aliphatic carboxylic acids is 1. The van der Waals surface area contributed by atoms with Crippen LogP contribution in [0.3, 0.4) is 0 Å². The monoisotopic (exact) mass is 289 g/mol. The highest BCUT2D eigenvalue weighted by Gasteiger charge is 2.13. The number of esters is 1. The van der Waals surface area contributed by atoms with Crippen LogP contribution in [0.15, 0.2) is 4.34 Å². The Balaban J connectivity index is 2.53. The number of hydrogen-bond donors (Lipinski definition) is 1. The van der Waals surface area contributed by atoms with Gasteiger partial charge in [0.2, 0.25) is 0 Å². The second-order valence-corrected chi connectivity index (χ2v) is 6.19. The first-order valence-corrected chi connectivity index (χ1v) is 7.19. The van der Waals surface area contributed by atoms with E-state index in [1.54, 1.807) is 20.8 Å². The molecule has 0 bridgehead atoms. The zero-order chi connectivity index (χ0) is 13.7. The van der Waals surface area contributed by atoms with Gasteiger partial charge in [0.05, 0.1) is 24.0 Å². The second kappa shape index (κ2) is 6.75. The van der Waals surface area contributed by atoms with Crippen molar-refractivity contribution in [2.75, 3.05) is 5.75 Å². The highest BCUT2D eigenvalue weighted by Crippen LogP contribution is 2.27. The Morgan fingerprint density at radius 3 is 2.72 bits per heavy atom. The van der Waals surface area contributed by atoms with E-state index in [9.17, 15) is 9.59 Å². The predicted molar refractivity (Wildman–Crippen MR) is 70.1 cm³/mol. The van der Waals surface area contributed by atoms with Crippen LogP contribution in [0.1, 0.15) is 24.4 Å². The molecule has 0 aromatic carbocycles. The first kappa shape index (κ1) is 15.0. The Morgan fingerprint density at radius 1 is 1.50 bits per heavy atom. The van der Waals surface area contributed by atoms with Crippen LogP contribution < -0.4 is 0 Å². The summed E-state index contributed by atoms with van der Waals surface area (Å²) in [6, 6.07) is 0. The average Bonchev–Trinajstić information content (AvgIpc) is 2.55. The van der Waals surface area contributed by atoms with Crippen molar-refractivity contribution < 1.29 is 19.4 Å². The van der Waals surface area contributed by atoms with Crippen molar-refractivity contribution in [3.63, 3.8) is 0 Å². The van der Waals surface area contributed by atoms with Gasteiger partial charge in [-0.1, -0.05) is 11.8 Å². The Labute approximate surface area is 114 Å². The predicted octanol–water partition coefficient (Wildman–Crippen LogP) is 2.12. The summed E-state index contributed by atoms with van der Waals surface area (Å²) in [6.45, 7) is 5.35. The third-order valence-corrected chi connectivity index (χ3v) is 4.14. The lowest BCUT2D eigenvalue weighted by Crippen LogP contribution is -2.13. The number of carbonyl (C=O) groups is 2. The Kier molecular flexibility index (Phi) is 5.61. The molecule has 1 N–H and O–H groups in total. The minimum absolute atomic E-state index is 0.0273. The van der Waals surface area contributed by atoms with E-state index in [1.165, 1.54) is 23.1 Å². The molecule has 0 radical (unpaired) electrons. The first-order valence-electron chi connectivity index (χ1n) is 5.39. The van der Waals surface area contributed by atoms with Crippen LogP contribution >= 0.6 is 23.1 Å². The van der Waals surface area contributed by atoms with E-state index in [2.05, 4.69) is 4.98 Å². The zero-order valence-corrected chi connectivity index (χ0v) is 12.1. The molecule has 0 spiro atoms. The highest BCUT2D eigenvalue weighted by atomic mass is 32.2. The molecule has 0 saturated carbocycles. The summed E-state index contributed by atoms with van der Waals surface area (Å²) >= 11 is 2.58. The maximum absolute atomic E-state index is 11.3. The van der Waals surface area contributed by atoms with Crippen molar-refractivity contribution in [1.82, 2.24) is 4.98 Å². The summed E-state index contributed by atoms with van der Waals surface area (Å²) in [5, 5.41) is 8.72. The van der Waals surface area contributed by atoms with Gasteiger partial charge in [0.25, 0.3) is 0 Å². The highest BCUT2D eigenvalue weighted by molar-refractivity contribution is 8.01. The van der Waals surface area contributed by atoms with Crippen LogP contribution in [0.25, 0.3) is 0 Å². The maximum Gasteiger partial charge on any atom is 0.316 e. The first-order chi connectivity index (χ1) is 8.38. The van der Waals surface area contributed by atoms with Crippen molar-refractivity contribution in [2.45, 2.75) is 37.6 Å². The van der Waals surface area contributed by atoms with Gasteiger partial charge < -0.3 is 9.84 Å². The number of ether oxygens (including phenoxy) is 1. The lowest BCUT2D eigenvalue weighted by Gasteiger charge is -2.06. The van der Waals surface area contributed by atoms with Gasteiger partial charge in [0.1, 0.15) is 0 Å². The minimum atomic E-state index is -0.877. The average molecular weight is 289 g/mol. The lowest BCUT2D eigenvalue weighted by atomic mass is 10.3. The number of thiazole rings is 1. The van der Waals surface area contributed by atoms with Crippen molar-refractivity contribution in [3.05, 3.63) is 10.6 Å². The number of carboxylic acid groups (broad SMARTS) is 1. The fourth-order valence-corrected chi connectivity index (χ4v) is 3.19. The fourth-order valence-electron chi connectivity index (χ4n) is 1.18. The van der Waals surface area contributed by atoms with Crippen LogP contribution in [-0.2, 0) is 20.7 Å². The van der Waals surface area contributed by atoms with Crippen LogP contribution in [-0.4, -0.2) is 33.9 Å². The third-order valence-electron chi connectivity index (χ3n) is 1.87. The summed E-state index contributed by atoms with van der Waals surface area (Å²) < 4.78 is 5.70. The zero-order valence-electron chi connectivity index (χ0n) is 10.4. The number of hydrogen-bond acceptors (Lipinski definition) is 6. The molecule has 0 unspecified atom stereocenters. The Hall–Kier alpha value is -1.08. The number of thioether (sulfide) groups is 1. The van der Waals surface area contributed by atoms with E-state index in [0.717, 1.165) is 4.88 Å². The molecule has 0 saturated heterocycles. The standard InChI is InChI=1S/C11H15NO4S2/c1-6(2)16-10(15)5-17-11-12-7(3)8(18-11)4-9(13)14/h6H,4-5H2,1-3H3,(H,13,14). The second-order valence-electron chi connectivity index (χ2n) is 3.89. The van der Waals surface area contributed by atoms with Gasteiger partial charge in [-0.25, -0.2) is 4.98 Å². The van der Waals surface area contributed by atoms with Crippen molar-refractivity contribution in [1.29, 1.82) is 0 Å². The number of carbonyl (C=O) groups excluding carboxylic acids is 1. The molecule has 0 aliphatic carbocycles. The molecule has 0 fully saturated rings. The largest absolute Gasteiger partial charge is 0.481 e. The Morgan fingerprint density at radius 2 is 2.17 bits per heavy atom. The molecular weight excluding hydrogens is 274 g/mol. The molecule has 1 rings (SSSR count). The molecule has 1 heterocycles. The molecule has 100 valence electrons. The molecule has 0 aliphatic heterocycles. The third kappa shape index (κ3) is 5.05. The SMILES string of the molecule is Cc1nc(SCC(=O)OC(C)C)sc1CC(=O)O. The summed E-state index contributed by atoms with van der Waals surface area (Å²) in [7, 11) is 0. The molecule has 1 aromatic heterocycles. The van der Waals surface area contributed by atoms with Gasteiger partial charge in [0, 0.05) is 4.88 Å². The molecule has 5 nitrogen and oxygen atoms in total. The molecule has 0 atom stereocenters. The minimum Gasteiger partial charge on any atom is -0.481 e. The van der Waals surface area contributed by atoms with Gasteiger partial charge in [-0.3, -0.25) is 9.59 Å². The van der Waals surface area contributed by atoms with E-state index in [-0.39, 0.29) is 24.2 Å². The van der Waals surface area contributed by atoms with Gasteiger partial charge >= 0.3 is 11.9 Å². The Bertz CT molecular complexity index is 442. The van der Waals surface area contributed by atoms with Crippen molar-refractivity contribution in [2.24, 2.45) is 0 Å². The number of rotatable bonds is 6. The quantitative estimate of drug-likeness (QED) is 0.638. The van der Waals surface area contributed by atoms with Gasteiger partial charge in [0.15, 0.2) is 4.34 Å². The van der Waals surface area contributed by atoms with Crippen LogP contribution in [0.4, 0.5) is 0 Å². The number of aromatic nitrogens is 1. The lowest BCUT2D eigenvalue weighted by molar-refractivity contribution is -0.144.